The number of piperazine rings is 1. The van der Waals surface area contributed by atoms with E-state index in [9.17, 15) is 4.79 Å². The molecule has 1 aliphatic heterocycles. The molecule has 2 aromatic carbocycles. The van der Waals surface area contributed by atoms with E-state index in [-0.39, 0.29) is 5.91 Å². The van der Waals surface area contributed by atoms with Crippen LogP contribution in [0.3, 0.4) is 0 Å². The van der Waals surface area contributed by atoms with Gasteiger partial charge in [-0.05, 0) is 49.7 Å². The number of carbonyl (C=O) groups excluding carboxylic acids is 1. The molecule has 188 valence electrons. The van der Waals surface area contributed by atoms with Gasteiger partial charge < -0.3 is 19.7 Å². The first-order chi connectivity index (χ1) is 17.2. The number of hydrogen-bond acceptors (Lipinski definition) is 7. The van der Waals surface area contributed by atoms with Crippen molar-refractivity contribution in [3.8, 4) is 11.5 Å². The van der Waals surface area contributed by atoms with Crippen LogP contribution in [0.5, 0.6) is 11.5 Å². The lowest BCUT2D eigenvalue weighted by Crippen LogP contribution is -2.48. The molecule has 0 radical (unpaired) electrons. The lowest BCUT2D eigenvalue weighted by atomic mass is 10.2. The van der Waals surface area contributed by atoms with E-state index in [0.29, 0.717) is 25.3 Å². The molecule has 0 atom stereocenters. The molecule has 1 N–H and O–H groups in total. The van der Waals surface area contributed by atoms with Crippen LogP contribution >= 0.6 is 11.3 Å². The van der Waals surface area contributed by atoms with E-state index in [1.54, 1.807) is 11.3 Å². The second-order valence-electron chi connectivity index (χ2n) is 8.73. The van der Waals surface area contributed by atoms with Crippen molar-refractivity contribution >= 4 is 32.6 Å². The predicted molar refractivity (Wildman–Crippen MR) is 143 cm³/mol. The number of rotatable bonds is 12. The van der Waals surface area contributed by atoms with E-state index >= 15 is 0 Å². The van der Waals surface area contributed by atoms with Gasteiger partial charge in [-0.1, -0.05) is 37.2 Å². The van der Waals surface area contributed by atoms with Crippen molar-refractivity contribution in [1.82, 2.24) is 15.2 Å². The maximum atomic E-state index is 12.6. The smallest absolute Gasteiger partial charge is 0.251 e. The fourth-order valence-electron chi connectivity index (χ4n) is 4.15. The van der Waals surface area contributed by atoms with Crippen molar-refractivity contribution in [2.24, 2.45) is 0 Å². The zero-order chi connectivity index (χ0) is 24.5. The third kappa shape index (κ3) is 7.08. The van der Waals surface area contributed by atoms with Gasteiger partial charge in [-0.25, -0.2) is 4.98 Å². The van der Waals surface area contributed by atoms with Crippen LogP contribution in [0.4, 0.5) is 5.13 Å². The highest BCUT2D eigenvalue weighted by atomic mass is 32.1. The minimum Gasteiger partial charge on any atom is -0.494 e. The second kappa shape index (κ2) is 12.7. The zero-order valence-corrected chi connectivity index (χ0v) is 21.6. The summed E-state index contributed by atoms with van der Waals surface area (Å²) in [5.41, 5.74) is 1.67. The quantitative estimate of drug-likeness (QED) is 0.363. The van der Waals surface area contributed by atoms with Crippen molar-refractivity contribution in [1.29, 1.82) is 0 Å². The molecule has 0 unspecified atom stereocenters. The highest BCUT2D eigenvalue weighted by Gasteiger charge is 2.20. The van der Waals surface area contributed by atoms with E-state index in [2.05, 4.69) is 28.1 Å². The molecule has 1 fully saturated rings. The number of thiazole rings is 1. The van der Waals surface area contributed by atoms with E-state index < -0.39 is 0 Å². The molecular weight excluding hydrogens is 460 g/mol. The van der Waals surface area contributed by atoms with Gasteiger partial charge in [0.25, 0.3) is 5.91 Å². The van der Waals surface area contributed by atoms with Gasteiger partial charge in [-0.2, -0.15) is 0 Å². The molecular formula is C27H36N4O3S. The summed E-state index contributed by atoms with van der Waals surface area (Å²) in [5, 5.41) is 4.12. The average molecular weight is 497 g/mol. The predicted octanol–water partition coefficient (Wildman–Crippen LogP) is 4.82. The summed E-state index contributed by atoms with van der Waals surface area (Å²) in [4.78, 5) is 22.2. The number of hydrogen-bond donors (Lipinski definition) is 1. The van der Waals surface area contributed by atoms with Gasteiger partial charge in [0.1, 0.15) is 11.5 Å². The van der Waals surface area contributed by atoms with E-state index in [0.717, 1.165) is 72.4 Å². The third-order valence-electron chi connectivity index (χ3n) is 6.13. The van der Waals surface area contributed by atoms with E-state index in [4.69, 9.17) is 14.5 Å². The maximum Gasteiger partial charge on any atom is 0.251 e. The van der Waals surface area contributed by atoms with E-state index in [1.165, 1.54) is 6.42 Å². The summed E-state index contributed by atoms with van der Waals surface area (Å²) in [6, 6.07) is 13.5. The van der Waals surface area contributed by atoms with Crippen molar-refractivity contribution in [2.75, 3.05) is 57.4 Å². The largest absolute Gasteiger partial charge is 0.494 e. The van der Waals surface area contributed by atoms with Crippen LogP contribution < -0.4 is 19.7 Å². The number of ether oxygens (including phenoxy) is 2. The minimum atomic E-state index is -0.0523. The van der Waals surface area contributed by atoms with Crippen molar-refractivity contribution in [2.45, 2.75) is 33.1 Å². The molecule has 3 aromatic rings. The van der Waals surface area contributed by atoms with Gasteiger partial charge >= 0.3 is 0 Å². The number of unbranched alkanes of at least 4 members (excludes halogenated alkanes) is 2. The molecule has 35 heavy (non-hydrogen) atoms. The molecule has 1 saturated heterocycles. The number of nitrogens with zero attached hydrogens (tertiary/aromatic N) is 3. The first-order valence-corrected chi connectivity index (χ1v) is 13.5. The van der Waals surface area contributed by atoms with Crippen molar-refractivity contribution in [3.63, 3.8) is 0 Å². The molecule has 0 aliphatic carbocycles. The summed E-state index contributed by atoms with van der Waals surface area (Å²) in [6.45, 7) is 10.8. The Hall–Kier alpha value is -2.84. The number of nitrogens with one attached hydrogen (secondary N) is 1. The third-order valence-corrected chi connectivity index (χ3v) is 7.21. The summed E-state index contributed by atoms with van der Waals surface area (Å²) < 4.78 is 12.6. The Labute approximate surface area is 212 Å². The average Bonchev–Trinajstić information content (AvgIpc) is 3.31. The number of anilines is 1. The first kappa shape index (κ1) is 25.3. The molecule has 0 spiro atoms. The monoisotopic (exact) mass is 496 g/mol. The number of carbonyl (C=O) groups is 1. The van der Waals surface area contributed by atoms with E-state index in [1.807, 2.05) is 43.3 Å². The van der Waals surface area contributed by atoms with Crippen LogP contribution in [0.1, 0.15) is 43.5 Å². The van der Waals surface area contributed by atoms with Gasteiger partial charge in [0.05, 0.1) is 23.4 Å². The summed E-state index contributed by atoms with van der Waals surface area (Å²) in [5.74, 6) is 1.60. The number of fused-ring (bicyclic) bond motifs is 1. The second-order valence-corrected chi connectivity index (χ2v) is 9.74. The lowest BCUT2D eigenvalue weighted by molar-refractivity contribution is 0.0947. The Morgan fingerprint density at radius 3 is 2.66 bits per heavy atom. The normalized spacial score (nSPS) is 14.3. The van der Waals surface area contributed by atoms with Crippen molar-refractivity contribution in [3.05, 3.63) is 48.0 Å². The first-order valence-electron chi connectivity index (χ1n) is 12.7. The summed E-state index contributed by atoms with van der Waals surface area (Å²) in [6.07, 6.45) is 3.36. The number of amides is 1. The Bertz CT molecular complexity index is 1090. The molecule has 1 amide bonds. The molecule has 2 heterocycles. The summed E-state index contributed by atoms with van der Waals surface area (Å²) >= 11 is 1.72. The van der Waals surface area contributed by atoms with Crippen LogP contribution in [0.15, 0.2) is 42.5 Å². The SMILES string of the molecule is CCCCCOc1cccc(C(=O)NCCN2CCN(c3nc4ccc(OCC)cc4s3)CC2)c1. The van der Waals surface area contributed by atoms with Crippen LogP contribution in [0, 0.1) is 0 Å². The van der Waals surface area contributed by atoms with Crippen LogP contribution in [0.2, 0.25) is 0 Å². The summed E-state index contributed by atoms with van der Waals surface area (Å²) in [7, 11) is 0. The number of benzene rings is 2. The van der Waals surface area contributed by atoms with Crippen LogP contribution in [-0.4, -0.2) is 68.3 Å². The van der Waals surface area contributed by atoms with Crippen LogP contribution in [-0.2, 0) is 0 Å². The zero-order valence-electron chi connectivity index (χ0n) is 20.8. The molecule has 0 saturated carbocycles. The molecule has 0 bridgehead atoms. The van der Waals surface area contributed by atoms with Gasteiger partial charge in [-0.15, -0.1) is 0 Å². The Morgan fingerprint density at radius 1 is 1.03 bits per heavy atom. The molecule has 4 rings (SSSR count). The molecule has 8 heteroatoms. The minimum absolute atomic E-state index is 0.0523. The standard InChI is InChI=1S/C27H36N4O3S/c1-3-5-6-18-34-22-9-7-8-21(19-22)26(32)28-12-13-30-14-16-31(17-15-30)27-29-24-11-10-23(33-4-2)20-25(24)35-27/h7-11,19-20H,3-6,12-18H2,1-2H3,(H,28,32). The van der Waals surface area contributed by atoms with Crippen molar-refractivity contribution < 1.29 is 14.3 Å². The van der Waals surface area contributed by atoms with Gasteiger partial charge in [0.15, 0.2) is 5.13 Å². The highest BCUT2D eigenvalue weighted by Crippen LogP contribution is 2.32. The lowest BCUT2D eigenvalue weighted by Gasteiger charge is -2.34. The van der Waals surface area contributed by atoms with Gasteiger partial charge in [-0.3, -0.25) is 9.69 Å². The highest BCUT2D eigenvalue weighted by molar-refractivity contribution is 7.22. The molecule has 7 nitrogen and oxygen atoms in total. The molecule has 1 aliphatic rings. The Kier molecular flexibility index (Phi) is 9.20. The Morgan fingerprint density at radius 2 is 1.86 bits per heavy atom. The fraction of sp³-hybridized carbons (Fsp3) is 0.481. The molecule has 1 aromatic heterocycles. The van der Waals surface area contributed by atoms with Gasteiger partial charge in [0, 0.05) is 44.8 Å². The topological polar surface area (TPSA) is 66.9 Å². The van der Waals surface area contributed by atoms with Gasteiger partial charge in [0.2, 0.25) is 0 Å². The van der Waals surface area contributed by atoms with Crippen LogP contribution in [0.25, 0.3) is 10.2 Å². The Balaban J connectivity index is 1.20. The number of aromatic nitrogens is 1. The fourth-order valence-corrected chi connectivity index (χ4v) is 5.19. The maximum absolute atomic E-state index is 12.6.